The number of likely N-dealkylation sites (tertiary alicyclic amines) is 1. The molecule has 22 heavy (non-hydrogen) atoms. The van der Waals surface area contributed by atoms with Gasteiger partial charge in [0, 0.05) is 38.6 Å². The molecule has 0 radical (unpaired) electrons. The van der Waals surface area contributed by atoms with E-state index in [0.29, 0.717) is 11.9 Å². The Balaban J connectivity index is 0.00000242. The topological polar surface area (TPSA) is 56.7 Å². The first-order chi connectivity index (χ1) is 10.2. The molecule has 1 heterocycles. The van der Waals surface area contributed by atoms with Crippen LogP contribution in [0.2, 0.25) is 0 Å². The van der Waals surface area contributed by atoms with Crippen LogP contribution in [0.15, 0.2) is 4.99 Å². The summed E-state index contributed by atoms with van der Waals surface area (Å²) in [5, 5.41) is 6.83. The highest BCUT2D eigenvalue weighted by Crippen LogP contribution is 2.34. The number of nitrogens with one attached hydrogen (secondary N) is 2. The Labute approximate surface area is 151 Å². The fraction of sp³-hybridized carbons (Fsp3) is 0.875. The summed E-state index contributed by atoms with van der Waals surface area (Å²) in [5.74, 6) is 2.08. The van der Waals surface area contributed by atoms with Crippen molar-refractivity contribution < 1.29 is 4.79 Å². The largest absolute Gasteiger partial charge is 0.357 e. The number of aliphatic imine (C=N–C) groups is 1. The third-order valence-corrected chi connectivity index (χ3v) is 4.28. The van der Waals surface area contributed by atoms with Gasteiger partial charge in [0.25, 0.3) is 0 Å². The molecule has 2 N–H and O–H groups in total. The number of hydrogen-bond acceptors (Lipinski definition) is 2. The fourth-order valence-electron chi connectivity index (χ4n) is 3.00. The summed E-state index contributed by atoms with van der Waals surface area (Å²) >= 11 is 0. The molecule has 128 valence electrons. The van der Waals surface area contributed by atoms with E-state index in [2.05, 4.69) is 29.5 Å². The number of halogens is 1. The van der Waals surface area contributed by atoms with Gasteiger partial charge in [0.15, 0.2) is 5.96 Å². The van der Waals surface area contributed by atoms with E-state index in [9.17, 15) is 4.79 Å². The maximum Gasteiger partial charge on any atom is 0.222 e. The van der Waals surface area contributed by atoms with Gasteiger partial charge in [-0.25, -0.2) is 0 Å². The molecule has 2 aliphatic rings. The number of carbonyl (C=O) groups excluding carboxylic acids is 1. The molecule has 1 aliphatic heterocycles. The van der Waals surface area contributed by atoms with Crippen molar-refractivity contribution in [2.75, 3.05) is 26.2 Å². The van der Waals surface area contributed by atoms with Crippen molar-refractivity contribution in [1.29, 1.82) is 0 Å². The number of hydrogen-bond donors (Lipinski definition) is 2. The molecule has 0 spiro atoms. The first-order valence-electron chi connectivity index (χ1n) is 8.57. The highest BCUT2D eigenvalue weighted by Gasteiger charge is 2.36. The highest BCUT2D eigenvalue weighted by molar-refractivity contribution is 14.0. The van der Waals surface area contributed by atoms with Gasteiger partial charge in [-0.2, -0.15) is 0 Å². The molecule has 1 saturated heterocycles. The average Bonchev–Trinajstić information content (AvgIpc) is 3.05. The van der Waals surface area contributed by atoms with Crippen molar-refractivity contribution in [3.63, 3.8) is 0 Å². The minimum Gasteiger partial charge on any atom is -0.357 e. The highest BCUT2D eigenvalue weighted by atomic mass is 127. The van der Waals surface area contributed by atoms with E-state index >= 15 is 0 Å². The van der Waals surface area contributed by atoms with E-state index in [1.54, 1.807) is 0 Å². The zero-order valence-corrected chi connectivity index (χ0v) is 16.3. The Morgan fingerprint density at radius 2 is 2.23 bits per heavy atom. The van der Waals surface area contributed by atoms with Gasteiger partial charge in [-0.15, -0.1) is 24.0 Å². The summed E-state index contributed by atoms with van der Waals surface area (Å²) in [7, 11) is 0. The van der Waals surface area contributed by atoms with Gasteiger partial charge in [0.1, 0.15) is 0 Å². The molecular weight excluding hydrogens is 391 g/mol. The van der Waals surface area contributed by atoms with Crippen molar-refractivity contribution in [2.45, 2.75) is 58.4 Å². The summed E-state index contributed by atoms with van der Waals surface area (Å²) in [4.78, 5) is 18.1. The SMILES string of the molecule is CCCC1CC1NC(=NCCCN1CCCC1=O)NCC.I. The first-order valence-corrected chi connectivity index (χ1v) is 8.57. The lowest BCUT2D eigenvalue weighted by molar-refractivity contribution is -0.127. The van der Waals surface area contributed by atoms with E-state index < -0.39 is 0 Å². The van der Waals surface area contributed by atoms with Crippen LogP contribution in [0.5, 0.6) is 0 Å². The molecule has 1 aliphatic carbocycles. The fourth-order valence-corrected chi connectivity index (χ4v) is 3.00. The zero-order chi connectivity index (χ0) is 15.1. The molecule has 0 aromatic heterocycles. The molecule has 2 atom stereocenters. The van der Waals surface area contributed by atoms with Crippen molar-refractivity contribution in [1.82, 2.24) is 15.5 Å². The molecule has 6 heteroatoms. The predicted molar refractivity (Wildman–Crippen MR) is 102 cm³/mol. The summed E-state index contributed by atoms with van der Waals surface area (Å²) in [5.41, 5.74) is 0. The van der Waals surface area contributed by atoms with Crippen molar-refractivity contribution >= 4 is 35.8 Å². The molecule has 1 saturated carbocycles. The van der Waals surface area contributed by atoms with Crippen LogP contribution in [0.3, 0.4) is 0 Å². The maximum atomic E-state index is 11.5. The molecule has 2 fully saturated rings. The second kappa shape index (κ2) is 10.3. The lowest BCUT2D eigenvalue weighted by Crippen LogP contribution is -2.39. The molecule has 2 unspecified atom stereocenters. The number of guanidine groups is 1. The monoisotopic (exact) mass is 422 g/mol. The van der Waals surface area contributed by atoms with Gasteiger partial charge < -0.3 is 15.5 Å². The third-order valence-electron chi connectivity index (χ3n) is 4.28. The Kier molecular flexibility index (Phi) is 9.12. The van der Waals surface area contributed by atoms with Gasteiger partial charge >= 0.3 is 0 Å². The van der Waals surface area contributed by atoms with Crippen LogP contribution in [0.4, 0.5) is 0 Å². The van der Waals surface area contributed by atoms with E-state index in [0.717, 1.165) is 57.3 Å². The van der Waals surface area contributed by atoms with E-state index in [-0.39, 0.29) is 24.0 Å². The van der Waals surface area contributed by atoms with Gasteiger partial charge in [0.2, 0.25) is 5.91 Å². The summed E-state index contributed by atoms with van der Waals surface area (Å²) < 4.78 is 0. The van der Waals surface area contributed by atoms with Crippen LogP contribution in [0, 0.1) is 5.92 Å². The molecule has 0 bridgehead atoms. The lowest BCUT2D eigenvalue weighted by atomic mass is 10.2. The second-order valence-electron chi connectivity index (χ2n) is 6.13. The van der Waals surface area contributed by atoms with Gasteiger partial charge in [-0.1, -0.05) is 13.3 Å². The summed E-state index contributed by atoms with van der Waals surface area (Å²) in [6.45, 7) is 7.79. The van der Waals surface area contributed by atoms with Crippen molar-refractivity contribution in [2.24, 2.45) is 10.9 Å². The molecular formula is C16H31IN4O. The Bertz CT molecular complexity index is 375. The van der Waals surface area contributed by atoms with Gasteiger partial charge in [0.05, 0.1) is 0 Å². The van der Waals surface area contributed by atoms with Crippen LogP contribution in [-0.2, 0) is 4.79 Å². The molecule has 1 amide bonds. The van der Waals surface area contributed by atoms with Gasteiger partial charge in [-0.3, -0.25) is 9.79 Å². The summed E-state index contributed by atoms with van der Waals surface area (Å²) in [6.07, 6.45) is 6.56. The van der Waals surface area contributed by atoms with Crippen LogP contribution < -0.4 is 10.6 Å². The maximum absolute atomic E-state index is 11.5. The normalized spacial score (nSPS) is 24.2. The quantitative estimate of drug-likeness (QED) is 0.273. The molecule has 2 rings (SSSR count). The number of rotatable bonds is 8. The molecule has 5 nitrogen and oxygen atoms in total. The van der Waals surface area contributed by atoms with E-state index in [1.165, 1.54) is 19.3 Å². The Morgan fingerprint density at radius 1 is 1.41 bits per heavy atom. The third kappa shape index (κ3) is 6.30. The standard InChI is InChI=1S/C16H30N4O.HI/c1-3-7-13-12-14(13)19-16(17-4-2)18-9-6-11-20-10-5-8-15(20)21;/h13-14H,3-12H2,1-2H3,(H2,17,18,19);1H. The number of carbonyl (C=O) groups is 1. The number of nitrogens with zero attached hydrogens (tertiary/aromatic N) is 2. The van der Waals surface area contributed by atoms with E-state index in [4.69, 9.17) is 0 Å². The average molecular weight is 422 g/mol. The second-order valence-corrected chi connectivity index (χ2v) is 6.13. The zero-order valence-electron chi connectivity index (χ0n) is 13.9. The number of amides is 1. The molecule has 0 aromatic carbocycles. The molecule has 0 aromatic rings. The van der Waals surface area contributed by atoms with Crippen molar-refractivity contribution in [3.05, 3.63) is 0 Å². The van der Waals surface area contributed by atoms with Gasteiger partial charge in [-0.05, 0) is 38.5 Å². The Hall–Kier alpha value is -0.530. The van der Waals surface area contributed by atoms with Crippen molar-refractivity contribution in [3.8, 4) is 0 Å². The lowest BCUT2D eigenvalue weighted by Gasteiger charge is -2.15. The Morgan fingerprint density at radius 3 is 2.86 bits per heavy atom. The smallest absolute Gasteiger partial charge is 0.222 e. The summed E-state index contributed by atoms with van der Waals surface area (Å²) in [6, 6.07) is 0.614. The van der Waals surface area contributed by atoms with Crippen LogP contribution in [0.1, 0.15) is 52.4 Å². The minimum absolute atomic E-state index is 0. The first kappa shape index (κ1) is 19.5. The van der Waals surface area contributed by atoms with Crippen LogP contribution in [-0.4, -0.2) is 49.0 Å². The van der Waals surface area contributed by atoms with Crippen LogP contribution in [0.25, 0.3) is 0 Å². The van der Waals surface area contributed by atoms with E-state index in [1.807, 2.05) is 4.90 Å². The van der Waals surface area contributed by atoms with Crippen LogP contribution >= 0.6 is 24.0 Å². The predicted octanol–water partition coefficient (Wildman–Crippen LogP) is 2.36. The minimum atomic E-state index is 0.